The first-order valence-corrected chi connectivity index (χ1v) is 13.0. The Morgan fingerprint density at radius 2 is 1.59 bits per heavy atom. The van der Waals surface area contributed by atoms with E-state index in [-0.39, 0.29) is 11.6 Å². The number of rotatable bonds is 5. The molecule has 0 spiro atoms. The fourth-order valence-corrected chi connectivity index (χ4v) is 6.33. The highest BCUT2D eigenvalue weighted by atomic mass is 32.2. The van der Waals surface area contributed by atoms with E-state index in [4.69, 9.17) is 4.98 Å². The molecule has 0 saturated carbocycles. The average molecular weight is 477 g/mol. The van der Waals surface area contributed by atoms with Gasteiger partial charge in [0.2, 0.25) is 10.0 Å². The van der Waals surface area contributed by atoms with Gasteiger partial charge in [0, 0.05) is 33.2 Å². The second-order valence-corrected chi connectivity index (χ2v) is 10.7. The molecule has 0 aliphatic carbocycles. The molecular formula is C26H28N4O3S. The molecule has 1 aromatic heterocycles. The highest BCUT2D eigenvalue weighted by molar-refractivity contribution is 7.89. The zero-order valence-electron chi connectivity index (χ0n) is 19.4. The van der Waals surface area contributed by atoms with Crippen molar-refractivity contribution < 1.29 is 8.42 Å². The molecule has 0 amide bonds. The third kappa shape index (κ3) is 3.91. The Balaban J connectivity index is 1.38. The van der Waals surface area contributed by atoms with E-state index in [1.807, 2.05) is 48.5 Å². The van der Waals surface area contributed by atoms with Crippen LogP contribution in [0, 0.1) is 0 Å². The Morgan fingerprint density at radius 1 is 0.912 bits per heavy atom. The third-order valence-electron chi connectivity index (χ3n) is 6.78. The number of sulfonamides is 1. The lowest BCUT2D eigenvalue weighted by atomic mass is 10.1. The maximum Gasteiger partial charge on any atom is 0.261 e. The van der Waals surface area contributed by atoms with E-state index >= 15 is 0 Å². The van der Waals surface area contributed by atoms with Crippen molar-refractivity contribution >= 4 is 31.7 Å². The summed E-state index contributed by atoms with van der Waals surface area (Å²) in [7, 11) is -1.82. The van der Waals surface area contributed by atoms with Gasteiger partial charge in [0.05, 0.1) is 21.8 Å². The van der Waals surface area contributed by atoms with Crippen molar-refractivity contribution in [3.05, 3.63) is 82.9 Å². The number of piperazine rings is 1. The van der Waals surface area contributed by atoms with Gasteiger partial charge in [-0.25, -0.2) is 13.4 Å². The quantitative estimate of drug-likeness (QED) is 0.440. The fraction of sp³-hybridized carbons (Fsp3) is 0.308. The number of benzene rings is 3. The molecule has 5 rings (SSSR count). The number of nitrogens with zero attached hydrogens (tertiary/aromatic N) is 4. The first-order chi connectivity index (χ1) is 16.4. The molecule has 3 aromatic carbocycles. The molecule has 7 nitrogen and oxygen atoms in total. The minimum absolute atomic E-state index is 0.0587. The fourth-order valence-electron chi connectivity index (χ4n) is 4.87. The molecule has 1 fully saturated rings. The molecule has 176 valence electrons. The summed E-state index contributed by atoms with van der Waals surface area (Å²) in [5.74, 6) is 0.719. The zero-order valence-corrected chi connectivity index (χ0v) is 20.2. The summed E-state index contributed by atoms with van der Waals surface area (Å²) in [5, 5.41) is 2.54. The molecular weight excluding hydrogens is 448 g/mol. The van der Waals surface area contributed by atoms with Gasteiger partial charge in [-0.15, -0.1) is 0 Å². The molecule has 1 unspecified atom stereocenters. The third-order valence-corrected chi connectivity index (χ3v) is 8.67. The van der Waals surface area contributed by atoms with Crippen LogP contribution in [-0.4, -0.2) is 53.4 Å². The Hall–Kier alpha value is -3.07. The van der Waals surface area contributed by atoms with Crippen LogP contribution in [0.5, 0.6) is 0 Å². The van der Waals surface area contributed by atoms with Crippen molar-refractivity contribution in [2.24, 2.45) is 7.05 Å². The molecule has 2 heterocycles. The maximum atomic E-state index is 13.3. The summed E-state index contributed by atoms with van der Waals surface area (Å²) in [5.41, 5.74) is 0.633. The maximum absolute atomic E-state index is 13.3. The number of hydrogen-bond donors (Lipinski definition) is 0. The van der Waals surface area contributed by atoms with Crippen molar-refractivity contribution in [1.82, 2.24) is 18.8 Å². The highest BCUT2D eigenvalue weighted by Crippen LogP contribution is 2.27. The summed E-state index contributed by atoms with van der Waals surface area (Å²) in [4.78, 5) is 20.3. The Labute approximate surface area is 199 Å². The second-order valence-electron chi connectivity index (χ2n) is 8.72. The number of para-hydroxylation sites is 1. The van der Waals surface area contributed by atoms with Gasteiger partial charge in [0.1, 0.15) is 5.82 Å². The summed E-state index contributed by atoms with van der Waals surface area (Å²) in [6, 6.07) is 20.4. The molecule has 8 heteroatoms. The minimum Gasteiger partial charge on any atom is -0.298 e. The molecule has 1 aliphatic heterocycles. The van der Waals surface area contributed by atoms with Crippen molar-refractivity contribution in [3.63, 3.8) is 0 Å². The summed E-state index contributed by atoms with van der Waals surface area (Å²) < 4.78 is 29.9. The number of hydrogen-bond acceptors (Lipinski definition) is 5. The van der Waals surface area contributed by atoms with Crippen molar-refractivity contribution in [2.45, 2.75) is 24.3 Å². The monoisotopic (exact) mass is 476 g/mol. The lowest BCUT2D eigenvalue weighted by Crippen LogP contribution is -2.50. The van der Waals surface area contributed by atoms with E-state index in [2.05, 4.69) is 11.8 Å². The van der Waals surface area contributed by atoms with Crippen LogP contribution in [0.15, 0.2) is 76.4 Å². The van der Waals surface area contributed by atoms with Gasteiger partial charge in [-0.3, -0.25) is 14.3 Å². The number of aromatic nitrogens is 2. The molecule has 1 atom stereocenters. The van der Waals surface area contributed by atoms with Crippen molar-refractivity contribution in [3.8, 4) is 0 Å². The van der Waals surface area contributed by atoms with Gasteiger partial charge in [0.25, 0.3) is 5.56 Å². The van der Waals surface area contributed by atoms with Crippen molar-refractivity contribution in [2.75, 3.05) is 26.2 Å². The lowest BCUT2D eigenvalue weighted by molar-refractivity contribution is 0.126. The Bertz CT molecular complexity index is 1520. The van der Waals surface area contributed by atoms with Gasteiger partial charge in [-0.1, -0.05) is 49.4 Å². The zero-order chi connectivity index (χ0) is 23.9. The van der Waals surface area contributed by atoms with Gasteiger partial charge in [-0.05, 0) is 41.5 Å². The Kier molecular flexibility index (Phi) is 5.97. The van der Waals surface area contributed by atoms with E-state index < -0.39 is 10.0 Å². The van der Waals surface area contributed by atoms with E-state index in [0.717, 1.165) is 23.0 Å². The first-order valence-electron chi connectivity index (χ1n) is 11.6. The molecule has 1 aliphatic rings. The predicted molar refractivity (Wildman–Crippen MR) is 134 cm³/mol. The molecule has 0 bridgehead atoms. The second kappa shape index (κ2) is 8.94. The van der Waals surface area contributed by atoms with Crippen LogP contribution in [0.2, 0.25) is 0 Å². The molecule has 0 radical (unpaired) electrons. The Morgan fingerprint density at radius 3 is 2.32 bits per heavy atom. The normalized spacial score (nSPS) is 16.8. The van der Waals surface area contributed by atoms with Crippen LogP contribution in [-0.2, 0) is 17.1 Å². The average Bonchev–Trinajstić information content (AvgIpc) is 2.87. The smallest absolute Gasteiger partial charge is 0.261 e. The first kappa shape index (κ1) is 22.7. The van der Waals surface area contributed by atoms with Crippen LogP contribution in [0.4, 0.5) is 0 Å². The SMILES string of the molecule is CCC(c1nc2ccccc2c(=O)n1C)N1CCN(S(=O)(=O)c2ccc3ccccc3c2)CC1. The van der Waals surface area contributed by atoms with E-state index in [1.54, 1.807) is 34.1 Å². The van der Waals surface area contributed by atoms with Gasteiger partial charge < -0.3 is 0 Å². The topological polar surface area (TPSA) is 75.5 Å². The van der Waals surface area contributed by atoms with E-state index in [9.17, 15) is 13.2 Å². The lowest BCUT2D eigenvalue weighted by Gasteiger charge is -2.38. The molecule has 1 saturated heterocycles. The van der Waals surface area contributed by atoms with Crippen molar-refractivity contribution in [1.29, 1.82) is 0 Å². The van der Waals surface area contributed by atoms with E-state index in [1.165, 1.54) is 0 Å². The summed E-state index contributed by atoms with van der Waals surface area (Å²) >= 11 is 0. The molecule has 0 N–H and O–H groups in total. The van der Waals surface area contributed by atoms with Gasteiger partial charge >= 0.3 is 0 Å². The van der Waals surface area contributed by atoms with Crippen LogP contribution in [0.3, 0.4) is 0 Å². The van der Waals surface area contributed by atoms with Gasteiger partial charge in [-0.2, -0.15) is 4.31 Å². The minimum atomic E-state index is -3.58. The van der Waals surface area contributed by atoms with Gasteiger partial charge in [0.15, 0.2) is 0 Å². The number of fused-ring (bicyclic) bond motifs is 2. The van der Waals surface area contributed by atoms with Crippen LogP contribution in [0.25, 0.3) is 21.7 Å². The van der Waals surface area contributed by atoms with E-state index in [0.29, 0.717) is 42.0 Å². The summed E-state index contributed by atoms with van der Waals surface area (Å²) in [6.07, 6.45) is 0.774. The van der Waals surface area contributed by atoms with Crippen LogP contribution in [0.1, 0.15) is 25.2 Å². The molecule has 34 heavy (non-hydrogen) atoms. The van der Waals surface area contributed by atoms with Crippen LogP contribution < -0.4 is 5.56 Å². The van der Waals surface area contributed by atoms with Crippen LogP contribution >= 0.6 is 0 Å². The summed E-state index contributed by atoms with van der Waals surface area (Å²) in [6.45, 7) is 4.02. The largest absolute Gasteiger partial charge is 0.298 e. The molecule has 4 aromatic rings. The highest BCUT2D eigenvalue weighted by Gasteiger charge is 2.32. The standard InChI is InChI=1S/C26H28N4O3S/c1-3-24(25-27-23-11-7-6-10-22(23)26(31)28(25)2)29-14-16-30(17-15-29)34(32,33)21-13-12-19-8-4-5-9-20(19)18-21/h4-13,18,24H,3,14-17H2,1-2H3. The predicted octanol–water partition coefficient (Wildman–Crippen LogP) is 3.54.